The maximum absolute atomic E-state index is 4.31. The van der Waals surface area contributed by atoms with Crippen molar-refractivity contribution in [1.82, 2.24) is 15.5 Å². The highest BCUT2D eigenvalue weighted by Crippen LogP contribution is 2.21. The molecule has 22 heavy (non-hydrogen) atoms. The van der Waals surface area contributed by atoms with Crippen LogP contribution >= 0.6 is 24.0 Å². The molecule has 0 saturated heterocycles. The first-order valence-corrected chi connectivity index (χ1v) is 8.62. The standard InChI is InChI=1S/C17H32N4.HI/c1-18-17(20-15-9-6-7-10-15)19-13-8-14-21(2)16-11-4-3-5-12-16;/h6-7,15-16H,3-5,8-14H2,1-2H3,(H2,18,19,20);1H. The third kappa shape index (κ3) is 6.86. The minimum atomic E-state index is 0. The summed E-state index contributed by atoms with van der Waals surface area (Å²) in [5.41, 5.74) is 0. The maximum atomic E-state index is 4.31. The van der Waals surface area contributed by atoms with Gasteiger partial charge in [0.15, 0.2) is 5.96 Å². The molecule has 128 valence electrons. The summed E-state index contributed by atoms with van der Waals surface area (Å²) in [7, 11) is 4.14. The van der Waals surface area contributed by atoms with Crippen LogP contribution in [0.3, 0.4) is 0 Å². The van der Waals surface area contributed by atoms with Gasteiger partial charge >= 0.3 is 0 Å². The Balaban J connectivity index is 0.00000242. The molecular weight excluding hydrogens is 387 g/mol. The fourth-order valence-corrected chi connectivity index (χ4v) is 3.36. The normalized spacial score (nSPS) is 20.2. The smallest absolute Gasteiger partial charge is 0.191 e. The van der Waals surface area contributed by atoms with E-state index in [2.05, 4.69) is 39.7 Å². The molecule has 5 heteroatoms. The average Bonchev–Trinajstić information content (AvgIpc) is 3.04. The molecule has 0 aromatic heterocycles. The van der Waals surface area contributed by atoms with Crippen molar-refractivity contribution in [2.75, 3.05) is 27.2 Å². The van der Waals surface area contributed by atoms with E-state index >= 15 is 0 Å². The average molecular weight is 420 g/mol. The third-order valence-corrected chi connectivity index (χ3v) is 4.75. The summed E-state index contributed by atoms with van der Waals surface area (Å²) in [5.74, 6) is 0.948. The Morgan fingerprint density at radius 3 is 2.50 bits per heavy atom. The zero-order valence-electron chi connectivity index (χ0n) is 14.2. The Morgan fingerprint density at radius 1 is 1.18 bits per heavy atom. The Morgan fingerprint density at radius 2 is 1.86 bits per heavy atom. The van der Waals surface area contributed by atoms with Crippen LogP contribution in [0.4, 0.5) is 0 Å². The van der Waals surface area contributed by atoms with E-state index in [1.54, 1.807) is 0 Å². The summed E-state index contributed by atoms with van der Waals surface area (Å²) in [5, 5.41) is 6.92. The third-order valence-electron chi connectivity index (χ3n) is 4.75. The van der Waals surface area contributed by atoms with Gasteiger partial charge in [-0.25, -0.2) is 0 Å². The molecule has 1 fully saturated rings. The van der Waals surface area contributed by atoms with Crippen molar-refractivity contribution in [3.8, 4) is 0 Å². The first kappa shape index (κ1) is 19.7. The molecule has 0 heterocycles. The lowest BCUT2D eigenvalue weighted by atomic mass is 9.94. The minimum Gasteiger partial charge on any atom is -0.356 e. The number of rotatable bonds is 6. The first-order valence-electron chi connectivity index (χ1n) is 8.62. The van der Waals surface area contributed by atoms with Gasteiger partial charge in [0.2, 0.25) is 0 Å². The lowest BCUT2D eigenvalue weighted by Gasteiger charge is -2.31. The highest BCUT2D eigenvalue weighted by molar-refractivity contribution is 14.0. The van der Waals surface area contributed by atoms with Crippen LogP contribution in [0.25, 0.3) is 0 Å². The summed E-state index contributed by atoms with van der Waals surface area (Å²) < 4.78 is 0. The van der Waals surface area contributed by atoms with Gasteiger partial charge in [-0.05, 0) is 45.7 Å². The van der Waals surface area contributed by atoms with Crippen molar-refractivity contribution >= 4 is 29.9 Å². The molecule has 0 amide bonds. The van der Waals surface area contributed by atoms with E-state index < -0.39 is 0 Å². The fourth-order valence-electron chi connectivity index (χ4n) is 3.36. The quantitative estimate of drug-likeness (QED) is 0.228. The number of halogens is 1. The highest BCUT2D eigenvalue weighted by atomic mass is 127. The van der Waals surface area contributed by atoms with E-state index in [0.29, 0.717) is 6.04 Å². The van der Waals surface area contributed by atoms with Crippen LogP contribution in [0, 0.1) is 0 Å². The van der Waals surface area contributed by atoms with Crippen molar-refractivity contribution in [1.29, 1.82) is 0 Å². The lowest BCUT2D eigenvalue weighted by Crippen LogP contribution is -2.43. The van der Waals surface area contributed by atoms with Crippen LogP contribution in [0.2, 0.25) is 0 Å². The molecule has 0 atom stereocenters. The van der Waals surface area contributed by atoms with Crippen molar-refractivity contribution in [2.45, 2.75) is 63.5 Å². The molecule has 0 spiro atoms. The second-order valence-corrected chi connectivity index (χ2v) is 6.41. The topological polar surface area (TPSA) is 39.7 Å². The number of hydrogen-bond donors (Lipinski definition) is 2. The van der Waals surface area contributed by atoms with Gasteiger partial charge in [0.25, 0.3) is 0 Å². The molecule has 2 aliphatic rings. The van der Waals surface area contributed by atoms with Crippen LogP contribution in [-0.2, 0) is 0 Å². The Labute approximate surface area is 153 Å². The van der Waals surface area contributed by atoms with E-state index in [9.17, 15) is 0 Å². The molecule has 0 unspecified atom stereocenters. The molecule has 0 radical (unpaired) electrons. The van der Waals surface area contributed by atoms with Crippen molar-refractivity contribution in [3.05, 3.63) is 12.2 Å². The van der Waals surface area contributed by atoms with Gasteiger partial charge in [-0.1, -0.05) is 31.4 Å². The van der Waals surface area contributed by atoms with E-state index in [1.165, 1.54) is 45.1 Å². The van der Waals surface area contributed by atoms with E-state index in [0.717, 1.165) is 31.4 Å². The largest absolute Gasteiger partial charge is 0.356 e. The Hall–Kier alpha value is -0.300. The number of guanidine groups is 1. The molecule has 0 aromatic carbocycles. The summed E-state index contributed by atoms with van der Waals surface area (Å²) in [6.45, 7) is 2.18. The monoisotopic (exact) mass is 420 g/mol. The van der Waals surface area contributed by atoms with Gasteiger partial charge in [-0.3, -0.25) is 4.99 Å². The van der Waals surface area contributed by atoms with Crippen LogP contribution in [-0.4, -0.2) is 50.1 Å². The summed E-state index contributed by atoms with van der Waals surface area (Å²) >= 11 is 0. The number of hydrogen-bond acceptors (Lipinski definition) is 2. The molecule has 2 N–H and O–H groups in total. The highest BCUT2D eigenvalue weighted by Gasteiger charge is 2.17. The van der Waals surface area contributed by atoms with Gasteiger partial charge in [0.1, 0.15) is 0 Å². The Kier molecular flexibility index (Phi) is 10.1. The molecule has 4 nitrogen and oxygen atoms in total. The first-order chi connectivity index (χ1) is 10.3. The summed E-state index contributed by atoms with van der Waals surface area (Å²) in [4.78, 5) is 6.86. The second-order valence-electron chi connectivity index (χ2n) is 6.41. The molecular formula is C17H33IN4. The molecule has 0 aromatic rings. The predicted octanol–water partition coefficient (Wildman–Crippen LogP) is 3.14. The van der Waals surface area contributed by atoms with Gasteiger partial charge in [-0.2, -0.15) is 0 Å². The van der Waals surface area contributed by atoms with Crippen molar-refractivity contribution < 1.29 is 0 Å². The van der Waals surface area contributed by atoms with Gasteiger partial charge in [0, 0.05) is 25.7 Å². The van der Waals surface area contributed by atoms with Crippen molar-refractivity contribution in [3.63, 3.8) is 0 Å². The summed E-state index contributed by atoms with van der Waals surface area (Å²) in [6.07, 6.45) is 14.9. The molecule has 2 aliphatic carbocycles. The number of nitrogens with one attached hydrogen (secondary N) is 2. The maximum Gasteiger partial charge on any atom is 0.191 e. The second kappa shape index (κ2) is 11.3. The van der Waals surface area contributed by atoms with Gasteiger partial charge < -0.3 is 15.5 Å². The van der Waals surface area contributed by atoms with Crippen LogP contribution < -0.4 is 10.6 Å². The van der Waals surface area contributed by atoms with E-state index in [1.807, 2.05) is 7.05 Å². The SMILES string of the molecule is CN=C(NCCCN(C)C1CCCCC1)NC1CC=CC1.I. The van der Waals surface area contributed by atoms with Crippen LogP contribution in [0.5, 0.6) is 0 Å². The zero-order valence-corrected chi connectivity index (χ0v) is 16.5. The Bertz CT molecular complexity index is 343. The van der Waals surface area contributed by atoms with Gasteiger partial charge in [0.05, 0.1) is 0 Å². The van der Waals surface area contributed by atoms with E-state index in [4.69, 9.17) is 0 Å². The van der Waals surface area contributed by atoms with Crippen LogP contribution in [0.1, 0.15) is 51.4 Å². The lowest BCUT2D eigenvalue weighted by molar-refractivity contribution is 0.190. The zero-order chi connectivity index (χ0) is 14.9. The fraction of sp³-hybridized carbons (Fsp3) is 0.824. The minimum absolute atomic E-state index is 0. The van der Waals surface area contributed by atoms with E-state index in [-0.39, 0.29) is 24.0 Å². The number of nitrogens with zero attached hydrogens (tertiary/aromatic N) is 2. The van der Waals surface area contributed by atoms with Gasteiger partial charge in [-0.15, -0.1) is 24.0 Å². The number of aliphatic imine (C=N–C) groups is 1. The molecule has 0 aliphatic heterocycles. The van der Waals surface area contributed by atoms with Crippen LogP contribution in [0.15, 0.2) is 17.1 Å². The predicted molar refractivity (Wildman–Crippen MR) is 106 cm³/mol. The summed E-state index contributed by atoms with van der Waals surface area (Å²) in [6, 6.07) is 1.35. The molecule has 2 rings (SSSR count). The van der Waals surface area contributed by atoms with Crippen molar-refractivity contribution in [2.24, 2.45) is 4.99 Å². The molecule has 0 bridgehead atoms. The molecule has 1 saturated carbocycles.